The Morgan fingerprint density at radius 2 is 2.16 bits per heavy atom. The number of nitrogens with zero attached hydrogens (tertiary/aromatic N) is 4. The predicted octanol–water partition coefficient (Wildman–Crippen LogP) is 3.23. The molecule has 6 nitrogen and oxygen atoms in total. The molecule has 1 aliphatic rings. The van der Waals surface area contributed by atoms with Crippen LogP contribution in [0, 0.1) is 17.1 Å². The van der Waals surface area contributed by atoms with E-state index in [1.54, 1.807) is 24.4 Å². The number of halogens is 1. The second-order valence-corrected chi connectivity index (χ2v) is 5.88. The number of nitrogens with one attached hydrogen (secondary N) is 1. The maximum absolute atomic E-state index is 13.6. The third-order valence-corrected chi connectivity index (χ3v) is 4.15. The zero-order valence-corrected chi connectivity index (χ0v) is 13.2. The first-order valence-electron chi connectivity index (χ1n) is 7.97. The molecule has 7 heteroatoms. The Hall–Kier alpha value is -3.11. The number of hydrogen-bond acceptors (Lipinski definition) is 6. The molecule has 2 aromatic heterocycles. The van der Waals surface area contributed by atoms with Crippen LogP contribution in [0.2, 0.25) is 0 Å². The van der Waals surface area contributed by atoms with Crippen molar-refractivity contribution < 1.29 is 8.91 Å². The van der Waals surface area contributed by atoms with E-state index in [1.165, 1.54) is 12.1 Å². The molecule has 1 fully saturated rings. The fraction of sp³-hybridized carbons (Fsp3) is 0.222. The van der Waals surface area contributed by atoms with Crippen LogP contribution in [0.15, 0.2) is 41.1 Å². The van der Waals surface area contributed by atoms with Crippen molar-refractivity contribution in [1.29, 1.82) is 5.26 Å². The van der Waals surface area contributed by atoms with Crippen molar-refractivity contribution in [3.63, 3.8) is 0 Å². The van der Waals surface area contributed by atoms with Crippen molar-refractivity contribution in [3.05, 3.63) is 53.8 Å². The molecule has 0 amide bonds. The van der Waals surface area contributed by atoms with E-state index in [1.807, 2.05) is 6.07 Å². The molecule has 25 heavy (non-hydrogen) atoms. The summed E-state index contributed by atoms with van der Waals surface area (Å²) in [7, 11) is 0. The van der Waals surface area contributed by atoms with Crippen LogP contribution >= 0.6 is 0 Å². The number of pyridine rings is 1. The van der Waals surface area contributed by atoms with Crippen molar-refractivity contribution in [3.8, 4) is 28.7 Å². The molecule has 1 unspecified atom stereocenters. The average molecular weight is 335 g/mol. The molecule has 0 saturated carbocycles. The van der Waals surface area contributed by atoms with Crippen LogP contribution in [0.5, 0.6) is 0 Å². The van der Waals surface area contributed by atoms with Crippen LogP contribution < -0.4 is 5.32 Å². The summed E-state index contributed by atoms with van der Waals surface area (Å²) in [6.45, 7) is 0.952. The van der Waals surface area contributed by atoms with E-state index in [0.717, 1.165) is 19.4 Å². The Balaban J connectivity index is 1.60. The standard InChI is InChI=1S/C18H14FN5O/c19-14-7-11(9-20)6-13(8-14)12-3-4-15(22-10-12)17-23-18(25-24-17)16-2-1-5-21-16/h3-4,6-8,10,16,21H,1-2,5H2. The summed E-state index contributed by atoms with van der Waals surface area (Å²) >= 11 is 0. The van der Waals surface area contributed by atoms with Gasteiger partial charge >= 0.3 is 0 Å². The van der Waals surface area contributed by atoms with Gasteiger partial charge in [-0.2, -0.15) is 10.2 Å². The molecule has 3 aromatic rings. The van der Waals surface area contributed by atoms with Gasteiger partial charge in [-0.15, -0.1) is 0 Å². The van der Waals surface area contributed by atoms with Crippen LogP contribution in [-0.4, -0.2) is 21.7 Å². The van der Waals surface area contributed by atoms with Gasteiger partial charge in [0.05, 0.1) is 17.7 Å². The minimum atomic E-state index is -0.454. The molecule has 1 atom stereocenters. The molecule has 3 heterocycles. The summed E-state index contributed by atoms with van der Waals surface area (Å²) in [5, 5.41) is 16.2. The SMILES string of the molecule is N#Cc1cc(F)cc(-c2ccc(-c3noc(C4CCCN4)n3)nc2)c1. The number of hydrogen-bond donors (Lipinski definition) is 1. The van der Waals surface area contributed by atoms with Gasteiger partial charge in [-0.3, -0.25) is 4.98 Å². The molecule has 1 N–H and O–H groups in total. The molecule has 0 radical (unpaired) electrons. The minimum Gasteiger partial charge on any atom is -0.337 e. The lowest BCUT2D eigenvalue weighted by Gasteiger charge is -2.03. The lowest BCUT2D eigenvalue weighted by molar-refractivity contribution is 0.345. The van der Waals surface area contributed by atoms with Gasteiger partial charge in [-0.25, -0.2) is 4.39 Å². The van der Waals surface area contributed by atoms with Crippen LogP contribution in [-0.2, 0) is 0 Å². The first-order chi connectivity index (χ1) is 12.2. The highest BCUT2D eigenvalue weighted by atomic mass is 19.1. The van der Waals surface area contributed by atoms with Gasteiger partial charge in [0.15, 0.2) is 0 Å². The maximum Gasteiger partial charge on any atom is 0.244 e. The highest BCUT2D eigenvalue weighted by molar-refractivity contribution is 5.66. The van der Waals surface area contributed by atoms with Gasteiger partial charge in [0.25, 0.3) is 0 Å². The monoisotopic (exact) mass is 335 g/mol. The van der Waals surface area contributed by atoms with E-state index in [0.29, 0.717) is 28.5 Å². The van der Waals surface area contributed by atoms with Gasteiger partial charge in [0, 0.05) is 11.8 Å². The van der Waals surface area contributed by atoms with Crippen molar-refractivity contribution in [2.24, 2.45) is 0 Å². The lowest BCUT2D eigenvalue weighted by Crippen LogP contribution is -2.12. The third-order valence-electron chi connectivity index (χ3n) is 4.15. The van der Waals surface area contributed by atoms with E-state index in [9.17, 15) is 4.39 Å². The Bertz CT molecular complexity index is 939. The highest BCUT2D eigenvalue weighted by Crippen LogP contribution is 2.25. The summed E-state index contributed by atoms with van der Waals surface area (Å²) in [4.78, 5) is 8.74. The van der Waals surface area contributed by atoms with Gasteiger partial charge < -0.3 is 9.84 Å². The molecule has 124 valence electrons. The van der Waals surface area contributed by atoms with E-state index < -0.39 is 5.82 Å². The third kappa shape index (κ3) is 3.12. The van der Waals surface area contributed by atoms with E-state index in [-0.39, 0.29) is 11.6 Å². The molecular formula is C18H14FN5O. The summed E-state index contributed by atoms with van der Waals surface area (Å²) in [6, 6.07) is 9.79. The second-order valence-electron chi connectivity index (χ2n) is 5.88. The first-order valence-corrected chi connectivity index (χ1v) is 7.97. The van der Waals surface area contributed by atoms with Crippen molar-refractivity contribution in [2.45, 2.75) is 18.9 Å². The predicted molar refractivity (Wildman–Crippen MR) is 87.6 cm³/mol. The summed E-state index contributed by atoms with van der Waals surface area (Å²) < 4.78 is 18.9. The molecule has 1 aromatic carbocycles. The van der Waals surface area contributed by atoms with Gasteiger partial charge in [0.2, 0.25) is 11.7 Å². The zero-order valence-electron chi connectivity index (χ0n) is 13.2. The zero-order chi connectivity index (χ0) is 17.2. The quantitative estimate of drug-likeness (QED) is 0.790. The molecule has 0 bridgehead atoms. The Kier molecular flexibility index (Phi) is 3.96. The van der Waals surface area contributed by atoms with Crippen LogP contribution in [0.1, 0.15) is 30.3 Å². The smallest absolute Gasteiger partial charge is 0.244 e. The van der Waals surface area contributed by atoms with Crippen LogP contribution in [0.4, 0.5) is 4.39 Å². The largest absolute Gasteiger partial charge is 0.337 e. The summed E-state index contributed by atoms with van der Waals surface area (Å²) in [5.74, 6) is 0.541. The number of benzene rings is 1. The molecule has 0 spiro atoms. The summed E-state index contributed by atoms with van der Waals surface area (Å²) in [6.07, 6.45) is 3.68. The minimum absolute atomic E-state index is 0.109. The number of aromatic nitrogens is 3. The van der Waals surface area contributed by atoms with Crippen molar-refractivity contribution in [1.82, 2.24) is 20.4 Å². The Labute approximate surface area is 143 Å². The Morgan fingerprint density at radius 3 is 2.88 bits per heavy atom. The molecular weight excluding hydrogens is 321 g/mol. The van der Waals surface area contributed by atoms with Crippen LogP contribution in [0.25, 0.3) is 22.6 Å². The average Bonchev–Trinajstić information content (AvgIpc) is 3.32. The maximum atomic E-state index is 13.6. The van der Waals surface area contributed by atoms with Crippen LogP contribution in [0.3, 0.4) is 0 Å². The van der Waals surface area contributed by atoms with E-state index in [2.05, 4.69) is 20.4 Å². The number of nitriles is 1. The molecule has 1 aliphatic heterocycles. The Morgan fingerprint density at radius 1 is 1.24 bits per heavy atom. The second kappa shape index (κ2) is 6.42. The first kappa shape index (κ1) is 15.4. The van der Waals surface area contributed by atoms with Gasteiger partial charge in [0.1, 0.15) is 11.5 Å². The van der Waals surface area contributed by atoms with Gasteiger partial charge in [-0.1, -0.05) is 11.2 Å². The molecule has 0 aliphatic carbocycles. The molecule has 4 rings (SSSR count). The fourth-order valence-corrected chi connectivity index (χ4v) is 2.89. The van der Waals surface area contributed by atoms with Crippen molar-refractivity contribution in [2.75, 3.05) is 6.54 Å². The van der Waals surface area contributed by atoms with Crippen molar-refractivity contribution >= 4 is 0 Å². The van der Waals surface area contributed by atoms with Gasteiger partial charge in [-0.05, 0) is 49.2 Å². The molecule has 1 saturated heterocycles. The number of rotatable bonds is 3. The van der Waals surface area contributed by atoms with E-state index >= 15 is 0 Å². The topological polar surface area (TPSA) is 87.6 Å². The highest BCUT2D eigenvalue weighted by Gasteiger charge is 2.22. The normalized spacial score (nSPS) is 16.7. The lowest BCUT2D eigenvalue weighted by atomic mass is 10.0. The summed E-state index contributed by atoms with van der Waals surface area (Å²) in [5.41, 5.74) is 2.15. The fourth-order valence-electron chi connectivity index (χ4n) is 2.89. The van der Waals surface area contributed by atoms with E-state index in [4.69, 9.17) is 9.78 Å².